The molecule has 3 rings (SSSR count). The lowest BCUT2D eigenvalue weighted by Crippen LogP contribution is -3.05. The van der Waals surface area contributed by atoms with Crippen molar-refractivity contribution < 1.29 is 9.69 Å². The van der Waals surface area contributed by atoms with Crippen LogP contribution >= 0.6 is 22.9 Å². The number of halogens is 1. The number of carbonyl (C=O) groups is 1. The van der Waals surface area contributed by atoms with Gasteiger partial charge in [0.25, 0.3) is 5.91 Å². The maximum Gasteiger partial charge on any atom is 0.260 e. The standard InChI is InChI=1S/C21H25ClN4OS/c1-24(2)13-6-14-26(20(27)15-9-11-16(12-10-15)25(3)4)21-23-19-17(22)7-5-8-18(19)28-21/h5,7-12H,6,13-14H2,1-4H3/p+1. The number of anilines is 2. The summed E-state index contributed by atoms with van der Waals surface area (Å²) in [5, 5.41) is 1.30. The number of hydrogen-bond acceptors (Lipinski definition) is 4. The Bertz CT molecular complexity index is 953. The number of amides is 1. The molecule has 0 spiro atoms. The Hall–Kier alpha value is -2.15. The minimum atomic E-state index is -0.0331. The van der Waals surface area contributed by atoms with Crippen LogP contribution in [-0.4, -0.2) is 52.2 Å². The van der Waals surface area contributed by atoms with Gasteiger partial charge in [-0.3, -0.25) is 9.69 Å². The highest BCUT2D eigenvalue weighted by Crippen LogP contribution is 2.33. The average molecular weight is 418 g/mol. The number of rotatable bonds is 7. The van der Waals surface area contributed by atoms with Crippen LogP contribution in [0.25, 0.3) is 10.2 Å². The first-order valence-corrected chi connectivity index (χ1v) is 10.5. The van der Waals surface area contributed by atoms with Gasteiger partial charge in [0.1, 0.15) is 5.52 Å². The third-order valence-corrected chi connectivity index (χ3v) is 5.87. The fourth-order valence-corrected chi connectivity index (χ4v) is 4.24. The first kappa shape index (κ1) is 20.6. The Morgan fingerprint density at radius 3 is 2.46 bits per heavy atom. The molecule has 0 fully saturated rings. The highest BCUT2D eigenvalue weighted by atomic mass is 35.5. The second kappa shape index (κ2) is 8.90. The normalized spacial score (nSPS) is 11.2. The second-order valence-electron chi connectivity index (χ2n) is 7.29. The number of aromatic nitrogens is 1. The average Bonchev–Trinajstić information content (AvgIpc) is 3.10. The van der Waals surface area contributed by atoms with Crippen LogP contribution in [0.2, 0.25) is 5.02 Å². The van der Waals surface area contributed by atoms with Gasteiger partial charge in [0.15, 0.2) is 5.13 Å². The number of hydrogen-bond donors (Lipinski definition) is 1. The van der Waals surface area contributed by atoms with Gasteiger partial charge in [0, 0.05) is 38.3 Å². The summed E-state index contributed by atoms with van der Waals surface area (Å²) >= 11 is 7.80. The summed E-state index contributed by atoms with van der Waals surface area (Å²) in [6, 6.07) is 13.4. The van der Waals surface area contributed by atoms with Crippen molar-refractivity contribution in [3.8, 4) is 0 Å². The summed E-state index contributed by atoms with van der Waals surface area (Å²) in [4.78, 5) is 23.1. The molecule has 1 heterocycles. The van der Waals surface area contributed by atoms with Crippen molar-refractivity contribution in [2.24, 2.45) is 0 Å². The van der Waals surface area contributed by atoms with Gasteiger partial charge in [0.05, 0.1) is 30.4 Å². The van der Waals surface area contributed by atoms with E-state index in [9.17, 15) is 4.79 Å². The van der Waals surface area contributed by atoms with Crippen molar-refractivity contribution in [1.29, 1.82) is 0 Å². The molecule has 7 heteroatoms. The molecule has 1 amide bonds. The molecular weight excluding hydrogens is 392 g/mol. The Morgan fingerprint density at radius 1 is 1.14 bits per heavy atom. The molecule has 0 bridgehead atoms. The number of thiazole rings is 1. The van der Waals surface area contributed by atoms with Crippen LogP contribution in [0.1, 0.15) is 16.8 Å². The van der Waals surface area contributed by atoms with Crippen molar-refractivity contribution in [2.45, 2.75) is 6.42 Å². The third kappa shape index (κ3) is 4.63. The molecule has 3 aromatic rings. The van der Waals surface area contributed by atoms with E-state index in [0.29, 0.717) is 22.3 Å². The monoisotopic (exact) mass is 417 g/mol. The smallest absolute Gasteiger partial charge is 0.260 e. The van der Waals surface area contributed by atoms with Crippen molar-refractivity contribution >= 4 is 49.9 Å². The van der Waals surface area contributed by atoms with Gasteiger partial charge in [-0.2, -0.15) is 0 Å². The van der Waals surface area contributed by atoms with Crippen LogP contribution in [0, 0.1) is 0 Å². The van der Waals surface area contributed by atoms with E-state index in [-0.39, 0.29) is 5.91 Å². The molecule has 0 aliphatic heterocycles. The molecule has 28 heavy (non-hydrogen) atoms. The lowest BCUT2D eigenvalue weighted by Gasteiger charge is -2.21. The number of nitrogens with one attached hydrogen (secondary N) is 1. The SMILES string of the molecule is CN(C)c1ccc(C(=O)N(CCC[NH+](C)C)c2nc3c(Cl)cccc3s2)cc1. The molecule has 148 valence electrons. The molecule has 5 nitrogen and oxygen atoms in total. The van der Waals surface area contributed by atoms with Gasteiger partial charge < -0.3 is 9.80 Å². The summed E-state index contributed by atoms with van der Waals surface area (Å²) in [6.07, 6.45) is 0.896. The molecule has 2 aromatic carbocycles. The van der Waals surface area contributed by atoms with Crippen molar-refractivity contribution in [3.63, 3.8) is 0 Å². The Labute approximate surface area is 175 Å². The van der Waals surface area contributed by atoms with Crippen LogP contribution in [0.3, 0.4) is 0 Å². The largest absolute Gasteiger partial charge is 0.378 e. The summed E-state index contributed by atoms with van der Waals surface area (Å²) in [6.45, 7) is 1.60. The fraction of sp³-hybridized carbons (Fsp3) is 0.333. The quantitative estimate of drug-likeness (QED) is 0.641. The van der Waals surface area contributed by atoms with E-state index in [1.54, 1.807) is 4.90 Å². The summed E-state index contributed by atoms with van der Waals surface area (Å²) in [5.74, 6) is -0.0331. The van der Waals surface area contributed by atoms with Crippen molar-refractivity contribution in [3.05, 3.63) is 53.1 Å². The van der Waals surface area contributed by atoms with Crippen LogP contribution in [0.4, 0.5) is 10.8 Å². The first-order valence-electron chi connectivity index (χ1n) is 9.30. The Morgan fingerprint density at radius 2 is 1.86 bits per heavy atom. The molecule has 0 aliphatic rings. The summed E-state index contributed by atoms with van der Waals surface area (Å²) in [7, 11) is 8.20. The lowest BCUT2D eigenvalue weighted by molar-refractivity contribution is -0.858. The van der Waals surface area contributed by atoms with Crippen LogP contribution in [0.15, 0.2) is 42.5 Å². The number of quaternary nitrogens is 1. The number of carbonyl (C=O) groups excluding carboxylic acids is 1. The van der Waals surface area contributed by atoms with Crippen LogP contribution < -0.4 is 14.7 Å². The number of benzene rings is 2. The molecule has 0 saturated carbocycles. The Kier molecular flexibility index (Phi) is 6.54. The van der Waals surface area contributed by atoms with Crippen LogP contribution in [0.5, 0.6) is 0 Å². The van der Waals surface area contributed by atoms with E-state index >= 15 is 0 Å². The highest BCUT2D eigenvalue weighted by Gasteiger charge is 2.22. The molecule has 0 atom stereocenters. The lowest BCUT2D eigenvalue weighted by atomic mass is 10.1. The van der Waals surface area contributed by atoms with E-state index in [1.807, 2.05) is 61.5 Å². The van der Waals surface area contributed by atoms with Gasteiger partial charge in [-0.1, -0.05) is 29.0 Å². The molecule has 1 N–H and O–H groups in total. The third-order valence-electron chi connectivity index (χ3n) is 4.52. The zero-order valence-electron chi connectivity index (χ0n) is 16.7. The topological polar surface area (TPSA) is 40.9 Å². The Balaban J connectivity index is 1.92. The first-order chi connectivity index (χ1) is 13.4. The number of para-hydroxylation sites is 1. The molecule has 0 radical (unpaired) electrons. The predicted octanol–water partition coefficient (Wildman–Crippen LogP) is 3.20. The summed E-state index contributed by atoms with van der Waals surface area (Å²) < 4.78 is 0.987. The van der Waals surface area contributed by atoms with Crippen molar-refractivity contribution in [1.82, 2.24) is 4.98 Å². The second-order valence-corrected chi connectivity index (χ2v) is 8.71. The minimum absolute atomic E-state index is 0.0331. The molecule has 1 aromatic heterocycles. The van der Waals surface area contributed by atoms with E-state index in [0.717, 1.165) is 28.9 Å². The van der Waals surface area contributed by atoms with Crippen LogP contribution in [-0.2, 0) is 0 Å². The van der Waals surface area contributed by atoms with Gasteiger partial charge in [-0.25, -0.2) is 4.98 Å². The van der Waals surface area contributed by atoms with E-state index in [1.165, 1.54) is 16.2 Å². The molecular formula is C21H26ClN4OS+. The number of nitrogens with zero attached hydrogens (tertiary/aromatic N) is 3. The minimum Gasteiger partial charge on any atom is -0.378 e. The van der Waals surface area contributed by atoms with E-state index in [4.69, 9.17) is 11.6 Å². The van der Waals surface area contributed by atoms with Crippen molar-refractivity contribution in [2.75, 3.05) is 51.1 Å². The maximum absolute atomic E-state index is 13.3. The summed E-state index contributed by atoms with van der Waals surface area (Å²) in [5.41, 5.74) is 2.47. The van der Waals surface area contributed by atoms with Gasteiger partial charge in [0.2, 0.25) is 0 Å². The zero-order chi connectivity index (χ0) is 20.3. The maximum atomic E-state index is 13.3. The van der Waals surface area contributed by atoms with E-state index < -0.39 is 0 Å². The number of fused-ring (bicyclic) bond motifs is 1. The molecule has 0 unspecified atom stereocenters. The molecule has 0 aliphatic carbocycles. The molecule has 0 saturated heterocycles. The zero-order valence-corrected chi connectivity index (χ0v) is 18.3. The highest BCUT2D eigenvalue weighted by molar-refractivity contribution is 7.22. The van der Waals surface area contributed by atoms with Gasteiger partial charge in [-0.15, -0.1) is 0 Å². The van der Waals surface area contributed by atoms with Gasteiger partial charge in [-0.05, 0) is 36.4 Å². The van der Waals surface area contributed by atoms with E-state index in [2.05, 4.69) is 19.1 Å². The fourth-order valence-electron chi connectivity index (χ4n) is 2.95. The van der Waals surface area contributed by atoms with Gasteiger partial charge >= 0.3 is 0 Å². The predicted molar refractivity (Wildman–Crippen MR) is 119 cm³/mol.